The zero-order chi connectivity index (χ0) is 37.3. The second-order valence-corrected chi connectivity index (χ2v) is 13.0. The molecule has 52 heavy (non-hydrogen) atoms. The van der Waals surface area contributed by atoms with Crippen LogP contribution in [0.5, 0.6) is 11.5 Å². The Kier molecular flexibility index (Phi) is 13.2. The van der Waals surface area contributed by atoms with Gasteiger partial charge in [0.2, 0.25) is 11.5 Å². The van der Waals surface area contributed by atoms with Crippen LogP contribution in [0.1, 0.15) is 90.4 Å². The lowest BCUT2D eigenvalue weighted by molar-refractivity contribution is -0.252. The number of fused-ring (bicyclic) bond motifs is 2. The highest BCUT2D eigenvalue weighted by molar-refractivity contribution is 6.03. The summed E-state index contributed by atoms with van der Waals surface area (Å²) in [6, 6.07) is 4.76. The molecule has 282 valence electrons. The molecule has 0 amide bonds. The smallest absolute Gasteiger partial charge is 0.361 e. The fourth-order valence-corrected chi connectivity index (χ4v) is 8.00. The number of oxime groups is 1. The number of unbranched alkanes of at least 4 members (excludes halogenated alkanes) is 2. The average Bonchev–Trinajstić information content (AvgIpc) is 3.61. The number of nitrogens with zero attached hydrogens (tertiary/aromatic N) is 4. The normalized spacial score (nSPS) is 25.2. The Balaban J connectivity index is 1.84. The molecule has 3 aliphatic rings. The SMILES string of the molecule is C=CCOc1ccc2c(c1)C1C(CCCCO)C(CCCCO)C=C3C(=NOCC)CC(n4nnc(C(=O)OC)c4C(=O)OC)C(OCC=C)(O2)C31. The maximum Gasteiger partial charge on any atom is 0.361 e. The number of carbonyl (C=O) groups excluding carboxylic acids is 2. The van der Waals surface area contributed by atoms with Crippen LogP contribution in [0.3, 0.4) is 0 Å². The number of rotatable bonds is 19. The maximum absolute atomic E-state index is 13.4. The van der Waals surface area contributed by atoms with Crippen LogP contribution in [-0.4, -0.2) is 95.9 Å². The number of allylic oxidation sites excluding steroid dienone is 1. The Morgan fingerprint density at radius 3 is 2.46 bits per heavy atom. The van der Waals surface area contributed by atoms with Crippen molar-refractivity contribution in [2.24, 2.45) is 22.9 Å². The molecule has 0 saturated heterocycles. The van der Waals surface area contributed by atoms with Crippen LogP contribution >= 0.6 is 0 Å². The minimum Gasteiger partial charge on any atom is -0.490 e. The molecule has 1 aliphatic heterocycles. The van der Waals surface area contributed by atoms with Crippen LogP contribution in [0.2, 0.25) is 0 Å². The molecule has 1 fully saturated rings. The van der Waals surface area contributed by atoms with Gasteiger partial charge < -0.3 is 38.7 Å². The molecule has 2 heterocycles. The monoisotopic (exact) mass is 722 g/mol. The molecule has 2 aromatic rings. The average molecular weight is 723 g/mol. The van der Waals surface area contributed by atoms with E-state index in [4.69, 9.17) is 28.5 Å². The van der Waals surface area contributed by atoms with Crippen LogP contribution in [0.15, 0.2) is 60.3 Å². The van der Waals surface area contributed by atoms with Crippen LogP contribution in [0.25, 0.3) is 0 Å². The van der Waals surface area contributed by atoms with E-state index in [0.717, 1.165) is 36.8 Å². The van der Waals surface area contributed by atoms with Crippen molar-refractivity contribution in [2.75, 3.05) is 47.3 Å². The molecule has 6 unspecified atom stereocenters. The van der Waals surface area contributed by atoms with Gasteiger partial charge in [0.1, 0.15) is 30.8 Å². The number of carbonyl (C=O) groups is 2. The summed E-state index contributed by atoms with van der Waals surface area (Å²) >= 11 is 0. The molecule has 5 rings (SSSR count). The number of esters is 2. The van der Waals surface area contributed by atoms with Gasteiger partial charge in [-0.1, -0.05) is 48.0 Å². The lowest BCUT2D eigenvalue weighted by Crippen LogP contribution is -2.63. The first-order valence-corrected chi connectivity index (χ1v) is 17.9. The summed E-state index contributed by atoms with van der Waals surface area (Å²) in [4.78, 5) is 32.1. The van der Waals surface area contributed by atoms with E-state index in [9.17, 15) is 19.8 Å². The minimum atomic E-state index is -1.54. The van der Waals surface area contributed by atoms with Crippen molar-refractivity contribution in [1.29, 1.82) is 0 Å². The van der Waals surface area contributed by atoms with Gasteiger partial charge in [0, 0.05) is 31.1 Å². The highest BCUT2D eigenvalue weighted by atomic mass is 16.7. The second kappa shape index (κ2) is 17.8. The van der Waals surface area contributed by atoms with Gasteiger partial charge in [-0.05, 0) is 68.2 Å². The maximum atomic E-state index is 13.4. The topological polar surface area (TPSA) is 173 Å². The summed E-state index contributed by atoms with van der Waals surface area (Å²) in [5, 5.41) is 32.6. The summed E-state index contributed by atoms with van der Waals surface area (Å²) in [5.41, 5.74) is 1.86. The predicted octanol–water partition coefficient (Wildman–Crippen LogP) is 4.94. The van der Waals surface area contributed by atoms with E-state index in [1.807, 2.05) is 25.1 Å². The third-order valence-electron chi connectivity index (χ3n) is 10.1. The number of aromatic nitrogens is 3. The summed E-state index contributed by atoms with van der Waals surface area (Å²) < 4.78 is 31.4. The molecule has 2 N–H and O–H groups in total. The number of hydrogen-bond donors (Lipinski definition) is 2. The first kappa shape index (κ1) is 38.7. The zero-order valence-corrected chi connectivity index (χ0v) is 30.2. The van der Waals surface area contributed by atoms with Gasteiger partial charge in [0.05, 0.1) is 32.5 Å². The molecule has 1 saturated carbocycles. The number of benzene rings is 1. The summed E-state index contributed by atoms with van der Waals surface area (Å²) in [5.74, 6) is -2.75. The Morgan fingerprint density at radius 1 is 1.06 bits per heavy atom. The van der Waals surface area contributed by atoms with Crippen LogP contribution < -0.4 is 9.47 Å². The summed E-state index contributed by atoms with van der Waals surface area (Å²) in [6.07, 6.45) is 10.1. The van der Waals surface area contributed by atoms with Crippen molar-refractivity contribution in [3.8, 4) is 11.5 Å². The van der Waals surface area contributed by atoms with E-state index >= 15 is 0 Å². The Bertz CT molecular complexity index is 1650. The molecule has 2 aliphatic carbocycles. The third-order valence-corrected chi connectivity index (χ3v) is 10.1. The van der Waals surface area contributed by atoms with Gasteiger partial charge in [0.15, 0.2) is 5.69 Å². The fourth-order valence-electron chi connectivity index (χ4n) is 8.00. The van der Waals surface area contributed by atoms with Gasteiger partial charge >= 0.3 is 11.9 Å². The van der Waals surface area contributed by atoms with Crippen LogP contribution in [-0.2, 0) is 19.0 Å². The van der Waals surface area contributed by atoms with Crippen molar-refractivity contribution in [1.82, 2.24) is 15.0 Å². The number of methoxy groups -OCH3 is 2. The third kappa shape index (κ3) is 7.50. The highest BCUT2D eigenvalue weighted by Crippen LogP contribution is 2.63. The van der Waals surface area contributed by atoms with Crippen LogP contribution in [0, 0.1) is 17.8 Å². The van der Waals surface area contributed by atoms with Crippen LogP contribution in [0.4, 0.5) is 0 Å². The van der Waals surface area contributed by atoms with E-state index < -0.39 is 29.7 Å². The molecule has 1 aromatic carbocycles. The largest absolute Gasteiger partial charge is 0.490 e. The number of aliphatic hydroxyl groups excluding tert-OH is 2. The van der Waals surface area contributed by atoms with Gasteiger partial charge in [-0.15, -0.1) is 11.7 Å². The van der Waals surface area contributed by atoms with Crippen molar-refractivity contribution in [3.05, 3.63) is 72.1 Å². The van der Waals surface area contributed by atoms with Crippen molar-refractivity contribution in [3.63, 3.8) is 0 Å². The van der Waals surface area contributed by atoms with Crippen molar-refractivity contribution < 1.29 is 48.3 Å². The van der Waals surface area contributed by atoms with E-state index in [1.54, 1.807) is 12.2 Å². The molecule has 0 radical (unpaired) electrons. The van der Waals surface area contributed by atoms with Gasteiger partial charge in [-0.25, -0.2) is 14.3 Å². The Labute approximate surface area is 304 Å². The molecule has 14 nitrogen and oxygen atoms in total. The molecule has 14 heteroatoms. The van der Waals surface area contributed by atoms with Crippen molar-refractivity contribution in [2.45, 2.75) is 69.6 Å². The van der Waals surface area contributed by atoms with Gasteiger partial charge in [0.25, 0.3) is 0 Å². The quantitative estimate of drug-likeness (QED) is 0.0867. The molecular weight excluding hydrogens is 672 g/mol. The van der Waals surface area contributed by atoms with E-state index in [-0.39, 0.29) is 55.4 Å². The van der Waals surface area contributed by atoms with E-state index in [2.05, 4.69) is 34.7 Å². The number of aliphatic hydroxyl groups is 2. The number of hydrogen-bond acceptors (Lipinski definition) is 13. The highest BCUT2D eigenvalue weighted by Gasteiger charge is 2.65. The fraction of sp³-hybridized carbons (Fsp3) is 0.553. The zero-order valence-electron chi connectivity index (χ0n) is 30.2. The molecular formula is C38H50N4O10. The summed E-state index contributed by atoms with van der Waals surface area (Å²) in [6.45, 7) is 10.4. The summed E-state index contributed by atoms with van der Waals surface area (Å²) in [7, 11) is 2.40. The minimum absolute atomic E-state index is 0.0246. The molecule has 1 aromatic heterocycles. The van der Waals surface area contributed by atoms with Gasteiger partial charge in [-0.3, -0.25) is 0 Å². The molecule has 0 bridgehead atoms. The van der Waals surface area contributed by atoms with E-state index in [1.165, 1.54) is 18.9 Å². The number of ether oxygens (including phenoxy) is 5. The lowest BCUT2D eigenvalue weighted by Gasteiger charge is -2.58. The lowest BCUT2D eigenvalue weighted by atomic mass is 9.55. The molecule has 0 spiro atoms. The first-order valence-electron chi connectivity index (χ1n) is 17.9. The second-order valence-electron chi connectivity index (χ2n) is 13.0. The Hall–Kier alpha value is -4.53. The standard InChI is InChI=1S/C38H50N4O10/c1-6-19-49-25-15-16-30-28(22-25)32-26(14-10-12-18-44)24(13-9-11-17-43)21-27-29(40-51-8-3)23-31(38(52-30,33(27)32)50-20-7-2)42-35(37(46)48-5)34(39-41-42)36(45)47-4/h6-7,15-16,21-22,24,26,31-33,43-44H,1-2,8-14,17-20,23H2,3-5H3. The predicted molar refractivity (Wildman–Crippen MR) is 190 cm³/mol. The first-order chi connectivity index (χ1) is 25.3. The molecule has 6 atom stereocenters. The van der Waals surface area contributed by atoms with Crippen molar-refractivity contribution >= 4 is 17.7 Å². The Morgan fingerprint density at radius 2 is 1.79 bits per heavy atom. The van der Waals surface area contributed by atoms with E-state index in [0.29, 0.717) is 43.3 Å². The van der Waals surface area contributed by atoms with Gasteiger partial charge in [-0.2, -0.15) is 0 Å².